The predicted molar refractivity (Wildman–Crippen MR) is 48.7 cm³/mol. The number of hydrogen-bond donors (Lipinski definition) is 0. The fraction of sp³-hybridized carbons (Fsp3) is 0.300. The van der Waals surface area contributed by atoms with Crippen molar-refractivity contribution in [3.05, 3.63) is 29.8 Å². The molecule has 3 nitrogen and oxygen atoms in total. The van der Waals surface area contributed by atoms with Crippen LogP contribution in [0.3, 0.4) is 0 Å². The Morgan fingerprint density at radius 1 is 1.46 bits per heavy atom. The van der Waals surface area contributed by atoms with Crippen molar-refractivity contribution in [1.82, 2.24) is 0 Å². The third-order valence-corrected chi connectivity index (χ3v) is 1.62. The minimum atomic E-state index is -2.45. The second-order valence-corrected chi connectivity index (χ2v) is 2.50. The Kier molecular flexibility index (Phi) is 2.08. The molecule has 0 aromatic heterocycles. The van der Waals surface area contributed by atoms with Gasteiger partial charge in [0.15, 0.2) is 0 Å². The first-order valence-electron chi connectivity index (χ1n) is 5.25. The van der Waals surface area contributed by atoms with Crippen molar-refractivity contribution in [1.29, 1.82) is 0 Å². The lowest BCUT2D eigenvalue weighted by Gasteiger charge is -2.01. The molecule has 1 rings (SSSR count). The molecule has 0 bridgehead atoms. The maximum Gasteiger partial charge on any atom is 0.309 e. The molecule has 0 spiro atoms. The average molecular weight is 183 g/mol. The van der Waals surface area contributed by atoms with E-state index in [1.54, 1.807) is 12.1 Å². The summed E-state index contributed by atoms with van der Waals surface area (Å²) >= 11 is 0. The van der Waals surface area contributed by atoms with Crippen LogP contribution in [0.25, 0.3) is 0 Å². The van der Waals surface area contributed by atoms with E-state index in [1.807, 2.05) is 0 Å². The Hall–Kier alpha value is -1.51. The number of carbonyl (C=O) groups excluding carboxylic acids is 1. The standard InChI is InChI=1S/C10H12O3/c1-12-9-5-3-8(4-6-9)7-10(11)13-2/h3-6H,7H2,1-2H3/i1D3. The molecule has 0 fully saturated rings. The van der Waals surface area contributed by atoms with Gasteiger partial charge in [0.1, 0.15) is 5.75 Å². The smallest absolute Gasteiger partial charge is 0.309 e. The molecule has 13 heavy (non-hydrogen) atoms. The molecule has 1 aromatic carbocycles. The van der Waals surface area contributed by atoms with Gasteiger partial charge in [-0.1, -0.05) is 12.1 Å². The highest BCUT2D eigenvalue weighted by Gasteiger charge is 2.01. The van der Waals surface area contributed by atoms with Gasteiger partial charge in [0.05, 0.1) is 24.7 Å². The number of ether oxygens (including phenoxy) is 2. The maximum atomic E-state index is 11.0. The van der Waals surface area contributed by atoms with Gasteiger partial charge in [-0.25, -0.2) is 0 Å². The van der Waals surface area contributed by atoms with Gasteiger partial charge < -0.3 is 9.47 Å². The van der Waals surface area contributed by atoms with Gasteiger partial charge in [-0.3, -0.25) is 4.79 Å². The molecule has 0 aliphatic rings. The molecule has 0 aliphatic heterocycles. The SMILES string of the molecule is [2H]C([2H])([2H])Oc1ccc(CC(=O)OC)cc1. The van der Waals surface area contributed by atoms with E-state index < -0.39 is 7.04 Å². The van der Waals surface area contributed by atoms with E-state index in [9.17, 15) is 4.79 Å². The van der Waals surface area contributed by atoms with Gasteiger partial charge in [-0.15, -0.1) is 0 Å². The van der Waals surface area contributed by atoms with Crippen LogP contribution < -0.4 is 4.74 Å². The molecular weight excluding hydrogens is 168 g/mol. The summed E-state index contributed by atoms with van der Waals surface area (Å²) in [4.78, 5) is 11.0. The van der Waals surface area contributed by atoms with Gasteiger partial charge in [-0.05, 0) is 17.7 Å². The van der Waals surface area contributed by atoms with E-state index >= 15 is 0 Å². The summed E-state index contributed by atoms with van der Waals surface area (Å²) in [5.74, 6) is -0.0990. The van der Waals surface area contributed by atoms with Crippen LogP contribution in [-0.2, 0) is 16.0 Å². The lowest BCUT2D eigenvalue weighted by atomic mass is 10.1. The number of esters is 1. The lowest BCUT2D eigenvalue weighted by molar-refractivity contribution is -0.139. The second kappa shape index (κ2) is 4.50. The van der Waals surface area contributed by atoms with Crippen LogP contribution in [0.2, 0.25) is 0 Å². The van der Waals surface area contributed by atoms with Gasteiger partial charge >= 0.3 is 5.97 Å². The summed E-state index contributed by atoms with van der Waals surface area (Å²) in [5.41, 5.74) is 0.741. The molecule has 1 aromatic rings. The molecule has 3 heteroatoms. The maximum absolute atomic E-state index is 11.0. The van der Waals surface area contributed by atoms with Crippen molar-refractivity contribution in [2.75, 3.05) is 14.1 Å². The molecule has 0 amide bonds. The quantitative estimate of drug-likeness (QED) is 0.665. The molecule has 0 unspecified atom stereocenters. The summed E-state index contributed by atoms with van der Waals surface area (Å²) in [6, 6.07) is 6.26. The highest BCUT2D eigenvalue weighted by Crippen LogP contribution is 2.11. The Balaban J connectivity index is 2.64. The van der Waals surface area contributed by atoms with Crippen LogP contribution in [0.4, 0.5) is 0 Å². The van der Waals surface area contributed by atoms with Crippen molar-refractivity contribution >= 4 is 5.97 Å². The van der Waals surface area contributed by atoms with Crippen LogP contribution in [0.5, 0.6) is 5.75 Å². The number of methoxy groups -OCH3 is 2. The van der Waals surface area contributed by atoms with E-state index in [2.05, 4.69) is 9.47 Å². The Labute approximate surface area is 81.5 Å². The summed E-state index contributed by atoms with van der Waals surface area (Å²) in [7, 11) is -1.14. The summed E-state index contributed by atoms with van der Waals surface area (Å²) in [6.45, 7) is 0. The summed E-state index contributed by atoms with van der Waals surface area (Å²) in [5, 5.41) is 0. The zero-order valence-corrected chi connectivity index (χ0v) is 7.24. The average Bonchev–Trinajstić information content (AvgIpc) is 2.18. The first-order valence-corrected chi connectivity index (χ1v) is 3.75. The molecule has 0 radical (unpaired) electrons. The van der Waals surface area contributed by atoms with Crippen LogP contribution in [0, 0.1) is 0 Å². The molecule has 0 N–H and O–H groups in total. The normalized spacial score (nSPS) is 13.8. The molecule has 0 aliphatic carbocycles. The van der Waals surface area contributed by atoms with E-state index in [0.29, 0.717) is 0 Å². The number of benzene rings is 1. The molecule has 0 saturated carbocycles. The third-order valence-electron chi connectivity index (χ3n) is 1.62. The highest BCUT2D eigenvalue weighted by molar-refractivity contribution is 5.72. The van der Waals surface area contributed by atoms with Gasteiger partial charge in [0, 0.05) is 0 Å². The molecule has 0 saturated heterocycles. The topological polar surface area (TPSA) is 35.5 Å². The molecule has 0 atom stereocenters. The van der Waals surface area contributed by atoms with Crippen LogP contribution in [-0.4, -0.2) is 20.1 Å². The number of carbonyl (C=O) groups is 1. The van der Waals surface area contributed by atoms with E-state index in [4.69, 9.17) is 4.11 Å². The van der Waals surface area contributed by atoms with Crippen molar-refractivity contribution in [2.24, 2.45) is 0 Å². The Morgan fingerprint density at radius 3 is 2.69 bits per heavy atom. The molecule has 0 heterocycles. The third kappa shape index (κ3) is 2.78. The summed E-state index contributed by atoms with van der Waals surface area (Å²) in [6.07, 6.45) is 0.157. The van der Waals surface area contributed by atoms with Crippen LogP contribution in [0.1, 0.15) is 9.68 Å². The Morgan fingerprint density at radius 2 is 2.15 bits per heavy atom. The van der Waals surface area contributed by atoms with Crippen LogP contribution in [0.15, 0.2) is 24.3 Å². The van der Waals surface area contributed by atoms with E-state index in [1.165, 1.54) is 19.2 Å². The monoisotopic (exact) mass is 183 g/mol. The van der Waals surface area contributed by atoms with Gasteiger partial charge in [0.2, 0.25) is 0 Å². The lowest BCUT2D eigenvalue weighted by Crippen LogP contribution is -2.04. The molecular formula is C10H12O3. The number of hydrogen-bond acceptors (Lipinski definition) is 3. The largest absolute Gasteiger partial charge is 0.497 e. The van der Waals surface area contributed by atoms with E-state index in [0.717, 1.165) is 5.56 Å². The van der Waals surface area contributed by atoms with Crippen molar-refractivity contribution in [2.45, 2.75) is 6.42 Å². The first-order chi connectivity index (χ1) is 7.40. The van der Waals surface area contributed by atoms with Gasteiger partial charge in [0.25, 0.3) is 0 Å². The minimum absolute atomic E-state index is 0.157. The van der Waals surface area contributed by atoms with Crippen molar-refractivity contribution in [3.8, 4) is 5.75 Å². The Bertz CT molecular complexity index is 357. The summed E-state index contributed by atoms with van der Waals surface area (Å²) < 4.78 is 29.9. The van der Waals surface area contributed by atoms with E-state index in [-0.39, 0.29) is 18.1 Å². The zero-order valence-electron chi connectivity index (χ0n) is 10.2. The van der Waals surface area contributed by atoms with Gasteiger partial charge in [-0.2, -0.15) is 0 Å². The fourth-order valence-corrected chi connectivity index (χ4v) is 0.914. The van der Waals surface area contributed by atoms with Crippen LogP contribution >= 0.6 is 0 Å². The number of rotatable bonds is 3. The van der Waals surface area contributed by atoms with Crippen molar-refractivity contribution < 1.29 is 18.4 Å². The first kappa shape index (κ1) is 6.02. The minimum Gasteiger partial charge on any atom is -0.497 e. The fourth-order valence-electron chi connectivity index (χ4n) is 0.914. The highest BCUT2D eigenvalue weighted by atomic mass is 16.5. The second-order valence-electron chi connectivity index (χ2n) is 2.50. The molecule has 70 valence electrons. The zero-order chi connectivity index (χ0) is 12.2. The predicted octanol–water partition coefficient (Wildman–Crippen LogP) is 1.41. The van der Waals surface area contributed by atoms with Crippen molar-refractivity contribution in [3.63, 3.8) is 0 Å².